The molecule has 3 heterocycles. The van der Waals surface area contributed by atoms with E-state index in [0.717, 1.165) is 38.7 Å². The zero-order valence-electron chi connectivity index (χ0n) is 39.3. The quantitative estimate of drug-likeness (QED) is 0.0560. The molecule has 0 unspecified atom stereocenters. The summed E-state index contributed by atoms with van der Waals surface area (Å²) in [7, 11) is 0. The van der Waals surface area contributed by atoms with E-state index in [2.05, 4.69) is 54.2 Å². The number of fused-ring (bicyclic) bond motifs is 2. The van der Waals surface area contributed by atoms with Crippen LogP contribution in [-0.4, -0.2) is 117 Å². The van der Waals surface area contributed by atoms with Crippen LogP contribution >= 0.6 is 0 Å². The summed E-state index contributed by atoms with van der Waals surface area (Å²) < 4.78 is 0. The van der Waals surface area contributed by atoms with Crippen LogP contribution in [0.4, 0.5) is 4.79 Å². The molecule has 1 aliphatic carbocycles. The second-order valence-electron chi connectivity index (χ2n) is 18.0. The predicted molar refractivity (Wildman–Crippen MR) is 268 cm³/mol. The molecular formula is C54H62N10O6. The molecule has 1 aliphatic heterocycles. The normalized spacial score (nSPS) is 19.4. The van der Waals surface area contributed by atoms with Crippen LogP contribution in [0, 0.1) is 17.8 Å². The fraction of sp³-hybridized carbons (Fsp3) is 0.352. The summed E-state index contributed by atoms with van der Waals surface area (Å²) in [5.74, 6) is 2.65. The number of Topliss-reactive ketones (excluding diaryl/α,β-unsaturated/α-hetero) is 2. The maximum atomic E-state index is 14.9. The maximum absolute atomic E-state index is 14.9. The van der Waals surface area contributed by atoms with E-state index in [-0.39, 0.29) is 38.6 Å². The van der Waals surface area contributed by atoms with Gasteiger partial charge in [0, 0.05) is 67.1 Å². The molecule has 16 nitrogen and oxygen atoms in total. The van der Waals surface area contributed by atoms with Crippen molar-refractivity contribution in [1.29, 1.82) is 0 Å². The second kappa shape index (κ2) is 24.6. The molecule has 2 aromatic heterocycles. The highest BCUT2D eigenvalue weighted by atomic mass is 16.2. The van der Waals surface area contributed by atoms with E-state index < -0.39 is 71.9 Å². The molecule has 16 heteroatoms. The van der Waals surface area contributed by atoms with E-state index in [9.17, 15) is 28.8 Å². The van der Waals surface area contributed by atoms with Gasteiger partial charge < -0.3 is 42.3 Å². The second-order valence-corrected chi connectivity index (χ2v) is 18.0. The smallest absolute Gasteiger partial charge is 0.319 e. The summed E-state index contributed by atoms with van der Waals surface area (Å²) >= 11 is 0. The van der Waals surface area contributed by atoms with Gasteiger partial charge in [-0.3, -0.25) is 28.9 Å². The first kappa shape index (κ1) is 50.3. The molecule has 70 heavy (non-hydrogen) atoms. The molecule has 7 rings (SSSR count). The van der Waals surface area contributed by atoms with E-state index in [0.29, 0.717) is 51.0 Å². The van der Waals surface area contributed by atoms with Gasteiger partial charge in [-0.15, -0.1) is 6.58 Å². The van der Waals surface area contributed by atoms with Crippen LogP contribution in [0.1, 0.15) is 60.1 Å². The monoisotopic (exact) mass is 946 g/mol. The number of ketones is 2. The Kier molecular flexibility index (Phi) is 17.7. The van der Waals surface area contributed by atoms with E-state index in [1.165, 1.54) is 11.2 Å². The highest BCUT2D eigenvalue weighted by molar-refractivity contribution is 5.97. The Bertz CT molecular complexity index is 2740. The number of nitrogens with one attached hydrogen (secondary N) is 5. The predicted octanol–water partition coefficient (Wildman–Crippen LogP) is 3.93. The van der Waals surface area contributed by atoms with Crippen LogP contribution in [0.25, 0.3) is 16.5 Å². The third-order valence-corrected chi connectivity index (χ3v) is 12.9. The van der Waals surface area contributed by atoms with Gasteiger partial charge in [0.2, 0.25) is 17.7 Å². The number of allylic oxidation sites excluding steroid dienone is 1. The summed E-state index contributed by atoms with van der Waals surface area (Å²) in [6.07, 6.45) is 11.0. The molecular weight excluding hydrogens is 885 g/mol. The zero-order valence-corrected chi connectivity index (χ0v) is 39.3. The van der Waals surface area contributed by atoms with Gasteiger partial charge in [0.25, 0.3) is 0 Å². The number of para-hydroxylation sites is 1. The van der Waals surface area contributed by atoms with Gasteiger partial charge in [-0.25, -0.2) is 9.78 Å². The summed E-state index contributed by atoms with van der Waals surface area (Å²) in [5, 5.41) is 9.55. The number of nitrogens with zero attached hydrogens (tertiary/aromatic N) is 3. The van der Waals surface area contributed by atoms with Crippen LogP contribution < -0.4 is 27.4 Å². The molecule has 3 aromatic carbocycles. The van der Waals surface area contributed by atoms with Crippen LogP contribution in [0.5, 0.6) is 0 Å². The average molecular weight is 947 g/mol. The summed E-state index contributed by atoms with van der Waals surface area (Å²) in [6.45, 7) is 4.62. The molecule has 5 atom stereocenters. The van der Waals surface area contributed by atoms with Crippen LogP contribution in [0.2, 0.25) is 0 Å². The molecule has 5 aromatic rings. The van der Waals surface area contributed by atoms with Crippen molar-refractivity contribution in [3.8, 4) is 11.8 Å². The lowest BCUT2D eigenvalue weighted by atomic mass is 9.89. The number of hydrogen-bond donors (Lipinski definition) is 7. The van der Waals surface area contributed by atoms with Crippen molar-refractivity contribution < 1.29 is 28.8 Å². The lowest BCUT2D eigenvalue weighted by Crippen LogP contribution is -2.54. The lowest BCUT2D eigenvalue weighted by Gasteiger charge is -2.28. The van der Waals surface area contributed by atoms with Gasteiger partial charge in [-0.2, -0.15) is 0 Å². The SMILES string of the molecule is C=CCN1CC#CCN(CC(=O)[C@@H](CC2=CCc3ccccc32)NC(=O)[C@@H](N)Cc2cnc[nH]2)C(=O)N[C@@H](Cc2c[nH]c3ccccc23)C(=O)C[C@H](Cc2ccccc2)C(=O)N[C@H](C(N)=O)CCCC1. The van der Waals surface area contributed by atoms with Crippen LogP contribution in [0.3, 0.4) is 0 Å². The molecule has 2 aliphatic rings. The molecule has 5 amide bonds. The number of primary amides is 1. The largest absolute Gasteiger partial charge is 0.368 e. The van der Waals surface area contributed by atoms with Gasteiger partial charge in [-0.05, 0) is 72.5 Å². The number of H-pyrrole nitrogens is 2. The van der Waals surface area contributed by atoms with E-state index in [1.807, 2.05) is 84.9 Å². The molecule has 364 valence electrons. The Balaban J connectivity index is 1.22. The first-order chi connectivity index (χ1) is 33.9. The highest BCUT2D eigenvalue weighted by Gasteiger charge is 2.34. The topological polar surface area (TPSA) is 241 Å². The average Bonchev–Trinajstić information content (AvgIpc) is 4.13. The van der Waals surface area contributed by atoms with E-state index in [1.54, 1.807) is 18.5 Å². The van der Waals surface area contributed by atoms with Crippen LogP contribution in [-0.2, 0) is 49.7 Å². The Morgan fingerprint density at radius 3 is 2.47 bits per heavy atom. The number of rotatable bonds is 16. The standard InChI is InChI=1S/C54H62N10O6/c1-2-23-63-24-11-10-20-46(51(56)67)60-52(68)39(27-36-14-4-3-5-15-36)30-49(65)47(29-40-32-58-45-19-9-8-18-43(40)45)62-54(70)64(26-13-12-25-63)34-50(66)48(28-38-22-21-37-16-6-7-17-42(37)38)61-53(69)44(55)31-41-33-57-35-59-41/h2-9,14-19,22,32-33,35,39,44,46-48,58H,1,10-11,20-21,23-31,34,55H2,(H2,56,67)(H,57,59)(H,60,68)(H,61,69)(H,62,70)/t39-,44-,46-,47-,48+/m0/s1. The first-order valence-electron chi connectivity index (χ1n) is 23.8. The lowest BCUT2D eigenvalue weighted by molar-refractivity contribution is -0.132. The fourth-order valence-electron chi connectivity index (χ4n) is 9.06. The zero-order chi connectivity index (χ0) is 49.4. The Morgan fingerprint density at radius 2 is 1.69 bits per heavy atom. The van der Waals surface area contributed by atoms with Gasteiger partial charge in [0.1, 0.15) is 6.04 Å². The molecule has 0 saturated heterocycles. The van der Waals surface area contributed by atoms with Crippen molar-refractivity contribution in [2.75, 3.05) is 32.7 Å². The summed E-state index contributed by atoms with van der Waals surface area (Å²) in [5.41, 5.74) is 18.2. The third kappa shape index (κ3) is 13.8. The number of carbonyl (C=O) groups excluding carboxylic acids is 6. The number of amides is 5. The summed E-state index contributed by atoms with van der Waals surface area (Å²) in [4.78, 5) is 98.8. The highest BCUT2D eigenvalue weighted by Crippen LogP contribution is 2.31. The molecule has 9 N–H and O–H groups in total. The molecule has 0 bridgehead atoms. The van der Waals surface area contributed by atoms with E-state index >= 15 is 0 Å². The maximum Gasteiger partial charge on any atom is 0.319 e. The fourth-order valence-corrected chi connectivity index (χ4v) is 9.06. The van der Waals surface area contributed by atoms with Gasteiger partial charge in [0.05, 0.1) is 44.1 Å². The number of aromatic amines is 2. The van der Waals surface area contributed by atoms with Crippen molar-refractivity contribution in [1.82, 2.24) is 40.7 Å². The molecule has 0 saturated carbocycles. The van der Waals surface area contributed by atoms with Crippen molar-refractivity contribution in [2.24, 2.45) is 17.4 Å². The van der Waals surface area contributed by atoms with Gasteiger partial charge in [0.15, 0.2) is 11.6 Å². The molecule has 0 fully saturated rings. The number of carbonyl (C=O) groups is 6. The third-order valence-electron chi connectivity index (χ3n) is 12.9. The minimum atomic E-state index is -1.18. The molecule has 0 radical (unpaired) electrons. The van der Waals surface area contributed by atoms with Crippen LogP contribution in [0.15, 0.2) is 116 Å². The number of aromatic nitrogens is 3. The van der Waals surface area contributed by atoms with Crippen molar-refractivity contribution >= 4 is 51.8 Å². The van der Waals surface area contributed by atoms with E-state index in [4.69, 9.17) is 11.5 Å². The number of benzene rings is 3. The minimum Gasteiger partial charge on any atom is -0.368 e. The van der Waals surface area contributed by atoms with Gasteiger partial charge in [-0.1, -0.05) is 96.8 Å². The number of nitrogens with two attached hydrogens (primary N) is 2. The number of urea groups is 1. The Labute approximate surface area is 408 Å². The number of hydrogen-bond acceptors (Lipinski definition) is 9. The minimum absolute atomic E-state index is 0.0443. The van der Waals surface area contributed by atoms with Crippen molar-refractivity contribution in [2.45, 2.75) is 82.0 Å². The van der Waals surface area contributed by atoms with Crippen molar-refractivity contribution in [3.05, 3.63) is 144 Å². The van der Waals surface area contributed by atoms with Crippen molar-refractivity contribution in [3.63, 3.8) is 0 Å². The molecule has 0 spiro atoms. The summed E-state index contributed by atoms with van der Waals surface area (Å²) in [6, 6.07) is 19.7. The number of imidazole rings is 1. The Hall–Kier alpha value is -7.61. The van der Waals surface area contributed by atoms with Gasteiger partial charge >= 0.3 is 6.03 Å². The Morgan fingerprint density at radius 1 is 0.914 bits per heavy atom. The first-order valence-corrected chi connectivity index (χ1v) is 23.8.